The molecule has 2 N–H and O–H groups in total. The molecule has 0 spiro atoms. The van der Waals surface area contributed by atoms with Crippen LogP contribution in [0.4, 0.5) is 9.59 Å². The molecule has 6 nitrogen and oxygen atoms in total. The number of carbonyl (C=O) groups excluding carboxylic acids is 2. The van der Waals surface area contributed by atoms with Crippen LogP contribution < -0.4 is 9.44 Å². The fourth-order valence-corrected chi connectivity index (χ4v) is 1.43. The van der Waals surface area contributed by atoms with E-state index in [1.54, 1.807) is 13.8 Å². The Hall–Kier alpha value is -0.760. The second-order valence-corrected chi connectivity index (χ2v) is 3.55. The quantitative estimate of drug-likeness (QED) is 0.432. The van der Waals surface area contributed by atoms with Crippen LogP contribution in [0.15, 0.2) is 0 Å². The standard InChI is InChI=1S/C6H12N2O4S2/c1-3-11-5(9)7-13-14-8-6(10)12-4-2/h3-4H2,1-2H3,(H,7,9)(H,8,10). The molecular formula is C6H12N2O4S2. The molecule has 0 aliphatic rings. The number of rotatable bonds is 5. The van der Waals surface area contributed by atoms with E-state index in [2.05, 4.69) is 18.9 Å². The molecule has 0 heterocycles. The van der Waals surface area contributed by atoms with E-state index in [-0.39, 0.29) is 0 Å². The van der Waals surface area contributed by atoms with E-state index >= 15 is 0 Å². The molecule has 0 aromatic rings. The zero-order valence-electron chi connectivity index (χ0n) is 7.86. The minimum atomic E-state index is -0.546. The molecule has 8 heteroatoms. The predicted molar refractivity (Wildman–Crippen MR) is 55.5 cm³/mol. The lowest BCUT2D eigenvalue weighted by molar-refractivity contribution is 0.158. The van der Waals surface area contributed by atoms with Crippen molar-refractivity contribution < 1.29 is 19.1 Å². The van der Waals surface area contributed by atoms with Crippen LogP contribution in [-0.2, 0) is 9.47 Å². The summed E-state index contributed by atoms with van der Waals surface area (Å²) < 4.78 is 13.8. The molecule has 0 unspecified atom stereocenters. The average Bonchev–Trinajstić information content (AvgIpc) is 2.13. The molecule has 0 bridgehead atoms. The van der Waals surface area contributed by atoms with Crippen molar-refractivity contribution in [2.75, 3.05) is 13.2 Å². The molecule has 82 valence electrons. The molecule has 0 rings (SSSR count). The molecule has 14 heavy (non-hydrogen) atoms. The maximum Gasteiger partial charge on any atom is 0.417 e. The monoisotopic (exact) mass is 240 g/mol. The van der Waals surface area contributed by atoms with Gasteiger partial charge in [-0.3, -0.25) is 9.44 Å². The normalized spacial score (nSPS) is 9.00. The number of hydrogen-bond acceptors (Lipinski definition) is 6. The minimum Gasteiger partial charge on any atom is -0.449 e. The average molecular weight is 240 g/mol. The van der Waals surface area contributed by atoms with Crippen molar-refractivity contribution in [2.24, 2.45) is 0 Å². The van der Waals surface area contributed by atoms with Gasteiger partial charge in [-0.05, 0) is 13.8 Å². The third-order valence-corrected chi connectivity index (χ3v) is 2.18. The lowest BCUT2D eigenvalue weighted by Crippen LogP contribution is -2.19. The number of hydrogen-bond donors (Lipinski definition) is 2. The van der Waals surface area contributed by atoms with Gasteiger partial charge in [0, 0.05) is 22.0 Å². The number of carbonyl (C=O) groups is 2. The van der Waals surface area contributed by atoms with Gasteiger partial charge in [0.05, 0.1) is 13.2 Å². The van der Waals surface area contributed by atoms with Gasteiger partial charge in [0.15, 0.2) is 0 Å². The number of nitrogens with one attached hydrogen (secondary N) is 2. The van der Waals surface area contributed by atoms with Crippen molar-refractivity contribution in [1.29, 1.82) is 0 Å². The van der Waals surface area contributed by atoms with Gasteiger partial charge < -0.3 is 9.47 Å². The summed E-state index contributed by atoms with van der Waals surface area (Å²) in [5.41, 5.74) is 0. The van der Waals surface area contributed by atoms with Crippen LogP contribution in [0.1, 0.15) is 13.8 Å². The number of amides is 2. The molecule has 0 aromatic carbocycles. The highest BCUT2D eigenvalue weighted by atomic mass is 33.1. The molecular weight excluding hydrogens is 228 g/mol. The van der Waals surface area contributed by atoms with E-state index in [1.165, 1.54) is 0 Å². The first kappa shape index (κ1) is 13.2. The van der Waals surface area contributed by atoms with Gasteiger partial charge in [-0.25, -0.2) is 9.59 Å². The molecule has 0 aliphatic carbocycles. The van der Waals surface area contributed by atoms with Crippen LogP contribution in [0.5, 0.6) is 0 Å². The summed E-state index contributed by atoms with van der Waals surface area (Å²) in [7, 11) is 1.87. The minimum absolute atomic E-state index is 0.308. The molecule has 0 radical (unpaired) electrons. The summed E-state index contributed by atoms with van der Waals surface area (Å²) >= 11 is 0. The smallest absolute Gasteiger partial charge is 0.417 e. The Bertz CT molecular complexity index is 171. The zero-order valence-corrected chi connectivity index (χ0v) is 9.50. The second-order valence-electron chi connectivity index (χ2n) is 1.81. The van der Waals surface area contributed by atoms with E-state index in [1.807, 2.05) is 0 Å². The van der Waals surface area contributed by atoms with Crippen LogP contribution >= 0.6 is 22.0 Å². The van der Waals surface area contributed by atoms with Crippen molar-refractivity contribution in [3.05, 3.63) is 0 Å². The molecule has 2 amide bonds. The molecule has 0 aromatic heterocycles. The SMILES string of the molecule is CCOC(=O)NSSNC(=O)OCC. The van der Waals surface area contributed by atoms with Gasteiger partial charge in [-0.1, -0.05) is 0 Å². The largest absolute Gasteiger partial charge is 0.449 e. The highest BCUT2D eigenvalue weighted by Gasteiger charge is 2.02. The van der Waals surface area contributed by atoms with Gasteiger partial charge in [0.2, 0.25) is 0 Å². The van der Waals surface area contributed by atoms with Gasteiger partial charge in [0.1, 0.15) is 0 Å². The predicted octanol–water partition coefficient (Wildman–Crippen LogP) is 1.69. The van der Waals surface area contributed by atoms with E-state index in [0.29, 0.717) is 13.2 Å². The van der Waals surface area contributed by atoms with Crippen molar-refractivity contribution in [2.45, 2.75) is 13.8 Å². The summed E-state index contributed by atoms with van der Waals surface area (Å²) in [4.78, 5) is 21.4. The maximum absolute atomic E-state index is 10.7. The van der Waals surface area contributed by atoms with Crippen LogP contribution in [0.2, 0.25) is 0 Å². The highest BCUT2D eigenvalue weighted by molar-refractivity contribution is 8.75. The second kappa shape index (κ2) is 8.82. The van der Waals surface area contributed by atoms with Crippen molar-refractivity contribution in [3.63, 3.8) is 0 Å². The van der Waals surface area contributed by atoms with E-state index in [0.717, 1.165) is 22.0 Å². The van der Waals surface area contributed by atoms with Gasteiger partial charge >= 0.3 is 12.2 Å². The summed E-state index contributed by atoms with van der Waals surface area (Å²) in [6, 6.07) is 0. The third kappa shape index (κ3) is 7.87. The van der Waals surface area contributed by atoms with Crippen molar-refractivity contribution in [1.82, 2.24) is 9.44 Å². The maximum atomic E-state index is 10.7. The lowest BCUT2D eigenvalue weighted by Gasteiger charge is -2.04. The Kier molecular flexibility index (Phi) is 8.34. The summed E-state index contributed by atoms with van der Waals surface area (Å²) in [5.74, 6) is 0. The van der Waals surface area contributed by atoms with Crippen LogP contribution in [-0.4, -0.2) is 25.4 Å². The molecule has 0 fully saturated rings. The van der Waals surface area contributed by atoms with E-state index < -0.39 is 12.2 Å². The van der Waals surface area contributed by atoms with Crippen LogP contribution in [0, 0.1) is 0 Å². The molecule has 0 atom stereocenters. The van der Waals surface area contributed by atoms with Gasteiger partial charge in [-0.2, -0.15) is 0 Å². The topological polar surface area (TPSA) is 76.7 Å². The lowest BCUT2D eigenvalue weighted by atomic mass is 10.9. The molecule has 0 saturated carbocycles. The Morgan fingerprint density at radius 1 is 1.00 bits per heavy atom. The van der Waals surface area contributed by atoms with Crippen molar-refractivity contribution >= 4 is 34.1 Å². The summed E-state index contributed by atoms with van der Waals surface area (Å²) in [6.07, 6.45) is -1.09. The summed E-state index contributed by atoms with van der Waals surface area (Å²) in [6.45, 7) is 4.02. The van der Waals surface area contributed by atoms with Crippen LogP contribution in [0.3, 0.4) is 0 Å². The fraction of sp³-hybridized carbons (Fsp3) is 0.667. The highest BCUT2D eigenvalue weighted by Crippen LogP contribution is 2.12. The fourth-order valence-electron chi connectivity index (χ4n) is 0.431. The molecule has 0 saturated heterocycles. The Balaban J connectivity index is 3.28. The first-order chi connectivity index (χ1) is 6.70. The Labute approximate surface area is 90.1 Å². The number of ether oxygens (including phenoxy) is 2. The third-order valence-electron chi connectivity index (χ3n) is 0.843. The van der Waals surface area contributed by atoms with E-state index in [4.69, 9.17) is 0 Å². The van der Waals surface area contributed by atoms with Gasteiger partial charge in [-0.15, -0.1) is 0 Å². The molecule has 0 aliphatic heterocycles. The van der Waals surface area contributed by atoms with Gasteiger partial charge in [0.25, 0.3) is 0 Å². The van der Waals surface area contributed by atoms with Crippen LogP contribution in [0.25, 0.3) is 0 Å². The van der Waals surface area contributed by atoms with Crippen molar-refractivity contribution in [3.8, 4) is 0 Å². The Morgan fingerprint density at radius 2 is 1.36 bits per heavy atom. The van der Waals surface area contributed by atoms with E-state index in [9.17, 15) is 9.59 Å². The first-order valence-electron chi connectivity index (χ1n) is 3.88. The zero-order chi connectivity index (χ0) is 10.8. The first-order valence-corrected chi connectivity index (χ1v) is 6.03. The summed E-state index contributed by atoms with van der Waals surface area (Å²) in [5, 5.41) is 0. The Morgan fingerprint density at radius 3 is 1.64 bits per heavy atom.